The highest BCUT2D eigenvalue weighted by Gasteiger charge is 2.29. The van der Waals surface area contributed by atoms with Gasteiger partial charge in [0.2, 0.25) is 11.7 Å². The van der Waals surface area contributed by atoms with E-state index in [1.165, 1.54) is 56.9 Å². The molecular weight excluding hydrogens is 362 g/mol. The van der Waals surface area contributed by atoms with E-state index in [1.807, 2.05) is 4.90 Å². The van der Waals surface area contributed by atoms with Gasteiger partial charge < -0.3 is 15.2 Å². The third kappa shape index (κ3) is 6.58. The van der Waals surface area contributed by atoms with Gasteiger partial charge in [0.05, 0.1) is 0 Å². The molecule has 0 atom stereocenters. The molecule has 29 heavy (non-hydrogen) atoms. The van der Waals surface area contributed by atoms with Gasteiger partial charge in [-0.05, 0) is 18.4 Å². The number of guanidine groups is 1. The van der Waals surface area contributed by atoms with Gasteiger partial charge in [0.15, 0.2) is 5.96 Å². The smallest absolute Gasteiger partial charge is 0.227 e. The van der Waals surface area contributed by atoms with Gasteiger partial charge in [-0.25, -0.2) is 0 Å². The molecular formula is C23H35N5O. The van der Waals surface area contributed by atoms with Gasteiger partial charge in [0.25, 0.3) is 0 Å². The summed E-state index contributed by atoms with van der Waals surface area (Å²) in [6.45, 7) is 3.85. The van der Waals surface area contributed by atoms with Crippen LogP contribution in [0.2, 0.25) is 0 Å². The molecule has 158 valence electrons. The maximum absolute atomic E-state index is 7.40. The standard InChI is InChI=1S/C23H35N5O/c1-2-3-4-5-6-7-8-9-10-18-11-13-20(14-12-18)22-26-21(29-27-22)15-19-16-28(17-19)23(24)25/h11-14,19H,2-10,15-17H2,1H3,(H3,24,25). The number of hydrogen-bond acceptors (Lipinski definition) is 4. The number of nitrogens with zero attached hydrogens (tertiary/aromatic N) is 3. The molecule has 1 fully saturated rings. The second kappa shape index (κ2) is 11.0. The van der Waals surface area contributed by atoms with Gasteiger partial charge in [-0.2, -0.15) is 4.98 Å². The Morgan fingerprint density at radius 1 is 1.07 bits per heavy atom. The quantitative estimate of drug-likeness (QED) is 0.305. The molecule has 0 saturated carbocycles. The molecule has 1 aromatic heterocycles. The Morgan fingerprint density at radius 2 is 1.72 bits per heavy atom. The summed E-state index contributed by atoms with van der Waals surface area (Å²) < 4.78 is 5.41. The summed E-state index contributed by atoms with van der Waals surface area (Å²) in [5, 5.41) is 11.5. The Labute approximate surface area is 174 Å². The van der Waals surface area contributed by atoms with Crippen LogP contribution in [0.5, 0.6) is 0 Å². The predicted octanol–water partition coefficient (Wildman–Crippen LogP) is 4.79. The number of hydrogen-bond donors (Lipinski definition) is 2. The van der Waals surface area contributed by atoms with E-state index in [9.17, 15) is 0 Å². The molecule has 2 aromatic rings. The van der Waals surface area contributed by atoms with Crippen molar-refractivity contribution in [1.29, 1.82) is 5.41 Å². The van der Waals surface area contributed by atoms with Crippen LogP contribution >= 0.6 is 0 Å². The number of benzene rings is 1. The molecule has 1 aliphatic heterocycles. The number of unbranched alkanes of at least 4 members (excludes halogenated alkanes) is 7. The van der Waals surface area contributed by atoms with Crippen molar-refractivity contribution < 1.29 is 4.52 Å². The lowest BCUT2D eigenvalue weighted by molar-refractivity contribution is 0.171. The summed E-state index contributed by atoms with van der Waals surface area (Å²) >= 11 is 0. The molecule has 0 bridgehead atoms. The molecule has 3 rings (SSSR count). The maximum atomic E-state index is 7.40. The number of rotatable bonds is 12. The van der Waals surface area contributed by atoms with Crippen LogP contribution in [0, 0.1) is 11.3 Å². The Kier molecular flexibility index (Phi) is 8.08. The van der Waals surface area contributed by atoms with Crippen molar-refractivity contribution in [3.8, 4) is 11.4 Å². The molecule has 1 aliphatic rings. The van der Waals surface area contributed by atoms with Crippen LogP contribution < -0.4 is 5.73 Å². The van der Waals surface area contributed by atoms with Gasteiger partial charge in [-0.1, -0.05) is 81.3 Å². The van der Waals surface area contributed by atoms with Crippen molar-refractivity contribution in [3.05, 3.63) is 35.7 Å². The molecule has 6 heteroatoms. The van der Waals surface area contributed by atoms with Crippen molar-refractivity contribution in [3.63, 3.8) is 0 Å². The van der Waals surface area contributed by atoms with Crippen molar-refractivity contribution in [2.45, 2.75) is 71.1 Å². The first kappa shape index (κ1) is 21.3. The van der Waals surface area contributed by atoms with E-state index in [2.05, 4.69) is 41.3 Å². The van der Waals surface area contributed by atoms with Crippen molar-refractivity contribution >= 4 is 5.96 Å². The van der Waals surface area contributed by atoms with Crippen molar-refractivity contribution in [2.24, 2.45) is 11.7 Å². The van der Waals surface area contributed by atoms with E-state index in [0.29, 0.717) is 17.6 Å². The van der Waals surface area contributed by atoms with E-state index < -0.39 is 0 Å². The van der Waals surface area contributed by atoms with Crippen LogP contribution in [0.15, 0.2) is 28.8 Å². The molecule has 0 amide bonds. The highest BCUT2D eigenvalue weighted by Crippen LogP contribution is 2.22. The topological polar surface area (TPSA) is 92.0 Å². The predicted molar refractivity (Wildman–Crippen MR) is 117 cm³/mol. The first-order valence-corrected chi connectivity index (χ1v) is 11.2. The number of aryl methyl sites for hydroxylation is 1. The second-order valence-electron chi connectivity index (χ2n) is 8.29. The molecule has 2 heterocycles. The molecule has 3 N–H and O–H groups in total. The lowest BCUT2D eigenvalue weighted by Gasteiger charge is -2.38. The summed E-state index contributed by atoms with van der Waals surface area (Å²) in [7, 11) is 0. The van der Waals surface area contributed by atoms with Gasteiger partial charge in [0, 0.05) is 31.0 Å². The number of aromatic nitrogens is 2. The Hall–Kier alpha value is -2.37. The minimum absolute atomic E-state index is 0.138. The first-order chi connectivity index (χ1) is 14.2. The van der Waals surface area contributed by atoms with Crippen molar-refractivity contribution in [1.82, 2.24) is 15.0 Å². The van der Waals surface area contributed by atoms with Gasteiger partial charge in [-0.15, -0.1) is 0 Å². The van der Waals surface area contributed by atoms with E-state index >= 15 is 0 Å². The fourth-order valence-electron chi connectivity index (χ4n) is 3.88. The highest BCUT2D eigenvalue weighted by molar-refractivity contribution is 5.75. The molecule has 0 unspecified atom stereocenters. The van der Waals surface area contributed by atoms with Gasteiger partial charge in [0.1, 0.15) is 0 Å². The first-order valence-electron chi connectivity index (χ1n) is 11.2. The second-order valence-corrected chi connectivity index (χ2v) is 8.29. The summed E-state index contributed by atoms with van der Waals surface area (Å²) in [5.74, 6) is 1.89. The van der Waals surface area contributed by atoms with E-state index in [0.717, 1.165) is 31.5 Å². The normalized spacial score (nSPS) is 14.2. The van der Waals surface area contributed by atoms with Gasteiger partial charge >= 0.3 is 0 Å². The monoisotopic (exact) mass is 397 g/mol. The Morgan fingerprint density at radius 3 is 2.38 bits per heavy atom. The summed E-state index contributed by atoms with van der Waals surface area (Å²) in [6.07, 6.45) is 12.7. The maximum Gasteiger partial charge on any atom is 0.227 e. The van der Waals surface area contributed by atoms with Crippen LogP contribution in [-0.4, -0.2) is 34.1 Å². The average molecular weight is 398 g/mol. The van der Waals surface area contributed by atoms with Crippen LogP contribution in [-0.2, 0) is 12.8 Å². The summed E-state index contributed by atoms with van der Waals surface area (Å²) in [6, 6.07) is 8.55. The van der Waals surface area contributed by atoms with E-state index in [1.54, 1.807) is 0 Å². The summed E-state index contributed by atoms with van der Waals surface area (Å²) in [4.78, 5) is 6.38. The zero-order valence-corrected chi connectivity index (χ0v) is 17.7. The molecule has 1 saturated heterocycles. The Balaban J connectivity index is 1.37. The SMILES string of the molecule is CCCCCCCCCCc1ccc(-c2noc(CC3CN(C(=N)N)C3)n2)cc1. The van der Waals surface area contributed by atoms with Crippen LogP contribution in [0.25, 0.3) is 11.4 Å². The zero-order chi connectivity index (χ0) is 20.5. The number of likely N-dealkylation sites (tertiary alicyclic amines) is 1. The summed E-state index contributed by atoms with van der Waals surface area (Å²) in [5.41, 5.74) is 7.85. The van der Waals surface area contributed by atoms with Gasteiger partial charge in [-0.3, -0.25) is 5.41 Å². The molecule has 0 aliphatic carbocycles. The largest absolute Gasteiger partial charge is 0.370 e. The van der Waals surface area contributed by atoms with Crippen molar-refractivity contribution in [2.75, 3.05) is 13.1 Å². The number of nitrogens with one attached hydrogen (secondary N) is 1. The number of nitrogens with two attached hydrogens (primary N) is 1. The Bertz CT molecular complexity index is 749. The molecule has 0 spiro atoms. The third-order valence-corrected chi connectivity index (χ3v) is 5.76. The minimum Gasteiger partial charge on any atom is -0.370 e. The molecule has 1 aromatic carbocycles. The lowest BCUT2D eigenvalue weighted by atomic mass is 9.97. The fourth-order valence-corrected chi connectivity index (χ4v) is 3.88. The molecule has 6 nitrogen and oxygen atoms in total. The molecule has 0 radical (unpaired) electrons. The fraction of sp³-hybridized carbons (Fsp3) is 0.609. The van der Waals surface area contributed by atoms with Crippen LogP contribution in [0.4, 0.5) is 0 Å². The minimum atomic E-state index is 0.138. The lowest BCUT2D eigenvalue weighted by Crippen LogP contribution is -2.53. The van der Waals surface area contributed by atoms with Crippen LogP contribution in [0.1, 0.15) is 69.7 Å². The highest BCUT2D eigenvalue weighted by atomic mass is 16.5. The average Bonchev–Trinajstić information content (AvgIpc) is 3.15. The third-order valence-electron chi connectivity index (χ3n) is 5.76. The van der Waals surface area contributed by atoms with E-state index in [-0.39, 0.29) is 5.96 Å². The van der Waals surface area contributed by atoms with E-state index in [4.69, 9.17) is 15.7 Å². The zero-order valence-electron chi connectivity index (χ0n) is 17.7. The van der Waals surface area contributed by atoms with Crippen LogP contribution in [0.3, 0.4) is 0 Å².